The van der Waals surface area contributed by atoms with Gasteiger partial charge in [0.15, 0.2) is 0 Å². The Morgan fingerprint density at radius 3 is 2.00 bits per heavy atom. The van der Waals surface area contributed by atoms with Crippen LogP contribution < -0.4 is 0 Å². The van der Waals surface area contributed by atoms with Crippen LogP contribution >= 0.6 is 0 Å². The van der Waals surface area contributed by atoms with Gasteiger partial charge in [0, 0.05) is 13.2 Å². The smallest absolute Gasteiger partial charge is 0.0742 e. The Hall–Kier alpha value is -0.120. The zero-order valence-electron chi connectivity index (χ0n) is 10.5. The lowest BCUT2D eigenvalue weighted by molar-refractivity contribution is 0.110. The SMILES string of the molecule is CC(O)CO.CCCCCCOCCC. The zero-order valence-corrected chi connectivity index (χ0v) is 10.5. The van der Waals surface area contributed by atoms with E-state index < -0.39 is 6.10 Å². The fraction of sp³-hybridized carbons (Fsp3) is 1.00. The molecule has 0 amide bonds. The maximum Gasteiger partial charge on any atom is 0.0742 e. The van der Waals surface area contributed by atoms with Crippen LogP contribution in [0, 0.1) is 0 Å². The van der Waals surface area contributed by atoms with Gasteiger partial charge in [-0.2, -0.15) is 0 Å². The summed E-state index contributed by atoms with van der Waals surface area (Å²) in [7, 11) is 0. The predicted octanol–water partition coefficient (Wildman–Crippen LogP) is 2.35. The Kier molecular flexibility index (Phi) is 18.8. The van der Waals surface area contributed by atoms with E-state index in [1.54, 1.807) is 0 Å². The van der Waals surface area contributed by atoms with E-state index in [9.17, 15) is 0 Å². The number of aliphatic hydroxyl groups is 2. The van der Waals surface area contributed by atoms with Crippen molar-refractivity contribution in [2.45, 2.75) is 59.0 Å². The first-order valence-electron chi connectivity index (χ1n) is 6.05. The van der Waals surface area contributed by atoms with Crippen LogP contribution in [0.2, 0.25) is 0 Å². The summed E-state index contributed by atoms with van der Waals surface area (Å²) >= 11 is 0. The summed E-state index contributed by atoms with van der Waals surface area (Å²) in [5.74, 6) is 0. The van der Waals surface area contributed by atoms with Gasteiger partial charge in [-0.3, -0.25) is 0 Å². The van der Waals surface area contributed by atoms with Crippen molar-refractivity contribution >= 4 is 0 Å². The van der Waals surface area contributed by atoms with Gasteiger partial charge in [-0.25, -0.2) is 0 Å². The highest BCUT2D eigenvalue weighted by molar-refractivity contribution is 4.38. The van der Waals surface area contributed by atoms with Crippen LogP contribution in [0.5, 0.6) is 0 Å². The average molecular weight is 220 g/mol. The maximum atomic E-state index is 8.11. The van der Waals surface area contributed by atoms with Crippen molar-refractivity contribution in [3.8, 4) is 0 Å². The van der Waals surface area contributed by atoms with Gasteiger partial charge in [0.1, 0.15) is 0 Å². The molecule has 3 heteroatoms. The van der Waals surface area contributed by atoms with Crippen LogP contribution in [0.4, 0.5) is 0 Å². The number of hydrogen-bond donors (Lipinski definition) is 2. The lowest BCUT2D eigenvalue weighted by Gasteiger charge is -2.00. The van der Waals surface area contributed by atoms with Gasteiger partial charge in [0.05, 0.1) is 12.7 Å². The summed E-state index contributed by atoms with van der Waals surface area (Å²) in [6.45, 7) is 7.67. The van der Waals surface area contributed by atoms with E-state index in [1.165, 1.54) is 32.6 Å². The first kappa shape index (κ1) is 17.3. The highest BCUT2D eigenvalue weighted by Gasteiger charge is 1.86. The van der Waals surface area contributed by atoms with Crippen LogP contribution in [0.3, 0.4) is 0 Å². The monoisotopic (exact) mass is 220 g/mol. The van der Waals surface area contributed by atoms with Crippen LogP contribution in [0.15, 0.2) is 0 Å². The second-order valence-electron chi connectivity index (χ2n) is 3.70. The van der Waals surface area contributed by atoms with Gasteiger partial charge >= 0.3 is 0 Å². The highest BCUT2D eigenvalue weighted by Crippen LogP contribution is 1.98. The van der Waals surface area contributed by atoms with E-state index in [1.807, 2.05) is 0 Å². The van der Waals surface area contributed by atoms with Gasteiger partial charge in [-0.1, -0.05) is 33.1 Å². The molecule has 2 N–H and O–H groups in total. The summed E-state index contributed by atoms with van der Waals surface area (Å²) < 4.78 is 5.33. The Morgan fingerprint density at radius 2 is 1.60 bits per heavy atom. The topological polar surface area (TPSA) is 49.7 Å². The van der Waals surface area contributed by atoms with Crippen molar-refractivity contribution in [1.29, 1.82) is 0 Å². The molecule has 0 fully saturated rings. The molecule has 3 nitrogen and oxygen atoms in total. The van der Waals surface area contributed by atoms with Crippen molar-refractivity contribution < 1.29 is 14.9 Å². The Bertz CT molecular complexity index is 86.9. The third-order valence-corrected chi connectivity index (χ3v) is 1.75. The van der Waals surface area contributed by atoms with Gasteiger partial charge < -0.3 is 14.9 Å². The molecule has 0 aliphatic rings. The van der Waals surface area contributed by atoms with E-state index in [0.717, 1.165) is 19.6 Å². The minimum absolute atomic E-state index is 0.139. The van der Waals surface area contributed by atoms with Crippen molar-refractivity contribution in [2.24, 2.45) is 0 Å². The molecule has 0 saturated heterocycles. The number of aliphatic hydroxyl groups excluding tert-OH is 2. The summed E-state index contributed by atoms with van der Waals surface area (Å²) in [6.07, 6.45) is 5.83. The van der Waals surface area contributed by atoms with Gasteiger partial charge in [0.25, 0.3) is 0 Å². The molecular weight excluding hydrogens is 192 g/mol. The molecule has 1 atom stereocenters. The Balaban J connectivity index is 0. The molecule has 0 aliphatic carbocycles. The van der Waals surface area contributed by atoms with Crippen LogP contribution in [0.1, 0.15) is 52.9 Å². The number of rotatable bonds is 8. The van der Waals surface area contributed by atoms with Crippen molar-refractivity contribution in [2.75, 3.05) is 19.8 Å². The van der Waals surface area contributed by atoms with Crippen LogP contribution in [-0.4, -0.2) is 36.1 Å². The molecule has 0 heterocycles. The van der Waals surface area contributed by atoms with Crippen LogP contribution in [0.25, 0.3) is 0 Å². The molecule has 0 radical (unpaired) electrons. The van der Waals surface area contributed by atoms with Gasteiger partial charge in [-0.15, -0.1) is 0 Å². The minimum atomic E-state index is -0.560. The standard InChI is InChI=1S/C9H20O.C3H8O2/c1-3-5-6-7-9-10-8-4-2;1-3(5)2-4/h3-9H2,1-2H3;3-5H,2H2,1H3. The molecular formula is C12H28O3. The third-order valence-electron chi connectivity index (χ3n) is 1.75. The Labute approximate surface area is 94.5 Å². The van der Waals surface area contributed by atoms with Crippen LogP contribution in [-0.2, 0) is 4.74 Å². The molecule has 94 valence electrons. The molecule has 0 saturated carbocycles. The van der Waals surface area contributed by atoms with E-state index >= 15 is 0 Å². The molecule has 0 aromatic heterocycles. The van der Waals surface area contributed by atoms with Gasteiger partial charge in [-0.05, 0) is 19.8 Å². The number of hydrogen-bond acceptors (Lipinski definition) is 3. The second kappa shape index (κ2) is 16.3. The van der Waals surface area contributed by atoms with Crippen molar-refractivity contribution in [3.63, 3.8) is 0 Å². The molecule has 0 spiro atoms. The van der Waals surface area contributed by atoms with E-state index in [2.05, 4.69) is 13.8 Å². The van der Waals surface area contributed by atoms with Crippen molar-refractivity contribution in [1.82, 2.24) is 0 Å². The molecule has 0 rings (SSSR count). The van der Waals surface area contributed by atoms with Gasteiger partial charge in [0.2, 0.25) is 0 Å². The van der Waals surface area contributed by atoms with E-state index in [4.69, 9.17) is 14.9 Å². The average Bonchev–Trinajstić information content (AvgIpc) is 2.24. The number of ether oxygens (including phenoxy) is 1. The minimum Gasteiger partial charge on any atom is -0.394 e. The highest BCUT2D eigenvalue weighted by atomic mass is 16.5. The third kappa shape index (κ3) is 24.8. The molecule has 1 unspecified atom stereocenters. The van der Waals surface area contributed by atoms with E-state index in [0.29, 0.717) is 0 Å². The molecule has 0 aromatic carbocycles. The lowest BCUT2D eigenvalue weighted by Crippen LogP contribution is -2.03. The fourth-order valence-electron chi connectivity index (χ4n) is 0.877. The maximum absolute atomic E-state index is 8.11. The first-order chi connectivity index (χ1) is 7.18. The molecule has 15 heavy (non-hydrogen) atoms. The zero-order chi connectivity index (χ0) is 11.9. The lowest BCUT2D eigenvalue weighted by atomic mass is 10.2. The summed E-state index contributed by atoms with van der Waals surface area (Å²) in [4.78, 5) is 0. The largest absolute Gasteiger partial charge is 0.394 e. The Morgan fingerprint density at radius 1 is 1.00 bits per heavy atom. The normalized spacial score (nSPS) is 11.8. The summed E-state index contributed by atoms with van der Waals surface area (Å²) in [6, 6.07) is 0. The van der Waals surface area contributed by atoms with Crippen molar-refractivity contribution in [3.05, 3.63) is 0 Å². The molecule has 0 aliphatic heterocycles. The fourth-order valence-corrected chi connectivity index (χ4v) is 0.877. The first-order valence-corrected chi connectivity index (χ1v) is 6.05. The van der Waals surface area contributed by atoms with E-state index in [-0.39, 0.29) is 6.61 Å². The second-order valence-corrected chi connectivity index (χ2v) is 3.70. The molecule has 0 aromatic rings. The molecule has 0 bridgehead atoms. The predicted molar refractivity (Wildman–Crippen MR) is 64.0 cm³/mol. The summed E-state index contributed by atoms with van der Waals surface area (Å²) in [5.41, 5.74) is 0. The summed E-state index contributed by atoms with van der Waals surface area (Å²) in [5, 5.41) is 16.0. The number of unbranched alkanes of at least 4 members (excludes halogenated alkanes) is 3. The quantitative estimate of drug-likeness (QED) is 0.617.